The maximum absolute atomic E-state index is 5.76. The van der Waals surface area contributed by atoms with Gasteiger partial charge in [-0.15, -0.1) is 0 Å². The van der Waals surface area contributed by atoms with Gasteiger partial charge in [0.25, 0.3) is 0 Å². The Bertz CT molecular complexity index is 394. The van der Waals surface area contributed by atoms with E-state index in [9.17, 15) is 0 Å². The lowest BCUT2D eigenvalue weighted by Crippen LogP contribution is -2.05. The molecule has 2 heteroatoms. The van der Waals surface area contributed by atoms with Gasteiger partial charge in [-0.25, -0.2) is 0 Å². The number of ether oxygens (including phenoxy) is 2. The van der Waals surface area contributed by atoms with Gasteiger partial charge in [0.15, 0.2) is 0 Å². The van der Waals surface area contributed by atoms with Gasteiger partial charge in [-0.1, -0.05) is 43.8 Å². The van der Waals surface area contributed by atoms with E-state index in [1.54, 1.807) is 6.08 Å². The third-order valence-electron chi connectivity index (χ3n) is 2.51. The van der Waals surface area contributed by atoms with Crippen molar-refractivity contribution in [1.29, 1.82) is 0 Å². The van der Waals surface area contributed by atoms with Crippen LogP contribution in [-0.4, -0.2) is 19.8 Å². The summed E-state index contributed by atoms with van der Waals surface area (Å²) >= 11 is 0. The summed E-state index contributed by atoms with van der Waals surface area (Å²) in [4.78, 5) is 0. The van der Waals surface area contributed by atoms with Crippen molar-refractivity contribution in [1.82, 2.24) is 0 Å². The second kappa shape index (κ2) is 8.54. The van der Waals surface area contributed by atoms with Gasteiger partial charge in [0.1, 0.15) is 12.4 Å². The van der Waals surface area contributed by atoms with Crippen LogP contribution < -0.4 is 0 Å². The van der Waals surface area contributed by atoms with Crippen LogP contribution in [0.3, 0.4) is 0 Å². The van der Waals surface area contributed by atoms with E-state index < -0.39 is 0 Å². The second-order valence-electron chi connectivity index (χ2n) is 4.04. The summed E-state index contributed by atoms with van der Waals surface area (Å²) in [5, 5.41) is 0. The molecule has 1 aromatic rings. The molecule has 0 aromatic heterocycles. The van der Waals surface area contributed by atoms with Gasteiger partial charge < -0.3 is 9.47 Å². The van der Waals surface area contributed by atoms with Gasteiger partial charge in [0, 0.05) is 12.2 Å². The Kier molecular flexibility index (Phi) is 6.89. The summed E-state index contributed by atoms with van der Waals surface area (Å²) in [7, 11) is 0. The van der Waals surface area contributed by atoms with E-state index in [2.05, 4.69) is 32.6 Å². The minimum atomic E-state index is 0.563. The maximum Gasteiger partial charge on any atom is 0.126 e. The van der Waals surface area contributed by atoms with Crippen molar-refractivity contribution in [2.75, 3.05) is 19.8 Å². The molecule has 0 bridgehead atoms. The summed E-state index contributed by atoms with van der Waals surface area (Å²) < 4.78 is 11.2. The molecule has 0 aliphatic carbocycles. The van der Waals surface area contributed by atoms with Gasteiger partial charge >= 0.3 is 0 Å². The minimum absolute atomic E-state index is 0.563. The Balaban J connectivity index is 2.59. The van der Waals surface area contributed by atoms with Gasteiger partial charge in [-0.3, -0.25) is 0 Å². The molecule has 0 fully saturated rings. The SMILES string of the molecule is C=C/C=C(/OCCOCCC)c1ccccc1C. The van der Waals surface area contributed by atoms with Crippen molar-refractivity contribution in [2.24, 2.45) is 0 Å². The zero-order chi connectivity index (χ0) is 13.2. The molecule has 98 valence electrons. The Hall–Kier alpha value is -1.54. The smallest absolute Gasteiger partial charge is 0.126 e. The molecule has 0 aliphatic heterocycles. The molecular formula is C16H22O2. The fraction of sp³-hybridized carbons (Fsp3) is 0.375. The normalized spacial score (nSPS) is 11.3. The number of benzene rings is 1. The first-order valence-corrected chi connectivity index (χ1v) is 6.38. The lowest BCUT2D eigenvalue weighted by Gasteiger charge is -2.12. The van der Waals surface area contributed by atoms with E-state index in [0.29, 0.717) is 13.2 Å². The van der Waals surface area contributed by atoms with E-state index >= 15 is 0 Å². The van der Waals surface area contributed by atoms with Crippen molar-refractivity contribution >= 4 is 5.76 Å². The number of aryl methyl sites for hydroxylation is 1. The molecule has 0 unspecified atom stereocenters. The molecule has 0 spiro atoms. The van der Waals surface area contributed by atoms with Crippen LogP contribution in [0, 0.1) is 6.92 Å². The summed E-state index contributed by atoms with van der Waals surface area (Å²) in [6, 6.07) is 8.16. The maximum atomic E-state index is 5.76. The molecular weight excluding hydrogens is 224 g/mol. The Labute approximate surface area is 110 Å². The third kappa shape index (κ3) is 4.76. The quantitative estimate of drug-likeness (QED) is 0.392. The van der Waals surface area contributed by atoms with Gasteiger partial charge in [0.2, 0.25) is 0 Å². The predicted octanol–water partition coefficient (Wildman–Crippen LogP) is 3.97. The molecule has 0 heterocycles. The molecule has 0 saturated carbocycles. The monoisotopic (exact) mass is 246 g/mol. The highest BCUT2D eigenvalue weighted by Gasteiger charge is 2.04. The molecule has 18 heavy (non-hydrogen) atoms. The van der Waals surface area contributed by atoms with Crippen LogP contribution in [0.5, 0.6) is 0 Å². The average Bonchev–Trinajstić information content (AvgIpc) is 2.38. The first-order valence-electron chi connectivity index (χ1n) is 6.38. The highest BCUT2D eigenvalue weighted by molar-refractivity contribution is 5.64. The van der Waals surface area contributed by atoms with Gasteiger partial charge in [0.05, 0.1) is 6.61 Å². The zero-order valence-corrected chi connectivity index (χ0v) is 11.3. The third-order valence-corrected chi connectivity index (χ3v) is 2.51. The topological polar surface area (TPSA) is 18.5 Å². The minimum Gasteiger partial charge on any atom is -0.491 e. The number of hydrogen-bond donors (Lipinski definition) is 0. The van der Waals surface area contributed by atoms with Crippen molar-refractivity contribution in [3.63, 3.8) is 0 Å². The van der Waals surface area contributed by atoms with Crippen LogP contribution in [0.4, 0.5) is 0 Å². The van der Waals surface area contributed by atoms with Crippen LogP contribution >= 0.6 is 0 Å². The Morgan fingerprint density at radius 1 is 1.22 bits per heavy atom. The number of allylic oxidation sites excluding steroid dienone is 2. The summed E-state index contributed by atoms with van der Waals surface area (Å²) in [5.74, 6) is 0.850. The highest BCUT2D eigenvalue weighted by atomic mass is 16.5. The summed E-state index contributed by atoms with van der Waals surface area (Å²) in [6.07, 6.45) is 4.67. The first-order chi connectivity index (χ1) is 8.79. The lowest BCUT2D eigenvalue weighted by atomic mass is 10.1. The van der Waals surface area contributed by atoms with Crippen LogP contribution in [0.15, 0.2) is 43.0 Å². The van der Waals surface area contributed by atoms with E-state index in [1.807, 2.05) is 18.2 Å². The van der Waals surface area contributed by atoms with E-state index in [1.165, 1.54) is 5.56 Å². The predicted molar refractivity (Wildman–Crippen MR) is 76.4 cm³/mol. The molecule has 0 aliphatic rings. The highest BCUT2D eigenvalue weighted by Crippen LogP contribution is 2.19. The van der Waals surface area contributed by atoms with Gasteiger partial charge in [-0.05, 0) is 25.0 Å². The van der Waals surface area contributed by atoms with Crippen molar-refractivity contribution in [3.8, 4) is 0 Å². The van der Waals surface area contributed by atoms with E-state index in [-0.39, 0.29) is 0 Å². The fourth-order valence-corrected chi connectivity index (χ4v) is 1.63. The van der Waals surface area contributed by atoms with Crippen molar-refractivity contribution in [3.05, 3.63) is 54.1 Å². The summed E-state index contributed by atoms with van der Waals surface area (Å²) in [6.45, 7) is 9.86. The molecule has 0 radical (unpaired) electrons. The fourth-order valence-electron chi connectivity index (χ4n) is 1.63. The van der Waals surface area contributed by atoms with Crippen LogP contribution in [0.25, 0.3) is 5.76 Å². The average molecular weight is 246 g/mol. The molecule has 0 atom stereocenters. The van der Waals surface area contributed by atoms with Crippen molar-refractivity contribution < 1.29 is 9.47 Å². The lowest BCUT2D eigenvalue weighted by molar-refractivity contribution is 0.0916. The molecule has 0 N–H and O–H groups in total. The van der Waals surface area contributed by atoms with E-state index in [4.69, 9.17) is 9.47 Å². The van der Waals surface area contributed by atoms with Crippen LogP contribution in [0.1, 0.15) is 24.5 Å². The number of rotatable bonds is 8. The standard InChI is InChI=1S/C16H22O2/c1-4-8-16(18-13-12-17-11-5-2)15-10-7-6-9-14(15)3/h4,6-10H,1,5,11-13H2,2-3H3/b16-8+. The van der Waals surface area contributed by atoms with Crippen molar-refractivity contribution in [2.45, 2.75) is 20.3 Å². The van der Waals surface area contributed by atoms with Crippen LogP contribution in [-0.2, 0) is 9.47 Å². The largest absolute Gasteiger partial charge is 0.491 e. The molecule has 1 rings (SSSR count). The van der Waals surface area contributed by atoms with E-state index in [0.717, 1.165) is 24.4 Å². The zero-order valence-electron chi connectivity index (χ0n) is 11.3. The molecule has 1 aromatic carbocycles. The Morgan fingerprint density at radius 3 is 2.67 bits per heavy atom. The molecule has 2 nitrogen and oxygen atoms in total. The first kappa shape index (κ1) is 14.5. The Morgan fingerprint density at radius 2 is 2.00 bits per heavy atom. The van der Waals surface area contributed by atoms with Gasteiger partial charge in [-0.2, -0.15) is 0 Å². The van der Waals surface area contributed by atoms with Crippen LogP contribution in [0.2, 0.25) is 0 Å². The molecule has 0 saturated heterocycles. The second-order valence-corrected chi connectivity index (χ2v) is 4.04. The summed E-state index contributed by atoms with van der Waals surface area (Å²) in [5.41, 5.74) is 2.30. The number of hydrogen-bond acceptors (Lipinski definition) is 2. The molecule has 0 amide bonds.